The van der Waals surface area contributed by atoms with Crippen LogP contribution >= 0.6 is 7.82 Å². The Labute approximate surface area is 67.2 Å². The second-order valence-corrected chi connectivity index (χ2v) is 2.11. The van der Waals surface area contributed by atoms with Gasteiger partial charge >= 0.3 is 5.97 Å². The molecule has 1 radical (unpaired) electrons. The summed E-state index contributed by atoms with van der Waals surface area (Å²) in [4.78, 5) is 28.6. The molecule has 0 saturated heterocycles. The van der Waals surface area contributed by atoms with Crippen molar-refractivity contribution in [1.82, 2.24) is 0 Å². The van der Waals surface area contributed by atoms with Gasteiger partial charge in [-0.2, -0.15) is 0 Å². The summed E-state index contributed by atoms with van der Waals surface area (Å²) >= 11 is 0. The summed E-state index contributed by atoms with van der Waals surface area (Å²) in [6, 6.07) is 0. The van der Waals surface area contributed by atoms with Crippen molar-refractivity contribution in [3.63, 3.8) is 0 Å². The normalized spacial score (nSPS) is 9.67. The molecule has 9 heavy (non-hydrogen) atoms. The summed E-state index contributed by atoms with van der Waals surface area (Å²) in [5, 5.41) is 0. The van der Waals surface area contributed by atoms with Gasteiger partial charge in [0.1, 0.15) is 7.82 Å². The molecule has 0 spiro atoms. The molecule has 0 atom stereocenters. The number of rotatable bonds is 1. The molecule has 0 unspecified atom stereocenters. The Hall–Kier alpha value is 0.360. The van der Waals surface area contributed by atoms with Crippen molar-refractivity contribution >= 4 is 13.8 Å². The van der Waals surface area contributed by atoms with E-state index >= 15 is 0 Å². The van der Waals surface area contributed by atoms with Crippen LogP contribution < -0.4 is 9.79 Å². The molecule has 0 aliphatic heterocycles. The molecule has 0 heterocycles. The van der Waals surface area contributed by atoms with Crippen molar-refractivity contribution in [2.45, 2.75) is 6.92 Å². The van der Waals surface area contributed by atoms with E-state index in [-0.39, 0.29) is 22.4 Å². The Morgan fingerprint density at radius 1 is 1.56 bits per heavy atom. The van der Waals surface area contributed by atoms with Crippen LogP contribution in [0.5, 0.6) is 0 Å². The smallest absolute Gasteiger partial charge is 0.305 e. The van der Waals surface area contributed by atoms with Crippen LogP contribution in [0.2, 0.25) is 0 Å². The van der Waals surface area contributed by atoms with E-state index in [0.29, 0.717) is 0 Å². The van der Waals surface area contributed by atoms with Gasteiger partial charge in [0.25, 0.3) is 0 Å². The molecule has 0 bridgehead atoms. The van der Waals surface area contributed by atoms with Crippen LogP contribution in [0.4, 0.5) is 0 Å². The molecule has 0 N–H and O–H groups in total. The summed E-state index contributed by atoms with van der Waals surface area (Å²) in [5.41, 5.74) is 0. The van der Waals surface area contributed by atoms with E-state index in [2.05, 4.69) is 4.52 Å². The monoisotopic (exact) mass is 245 g/mol. The minimum Gasteiger partial charge on any atom is -0.780 e. The Kier molecular flexibility index (Phi) is 5.66. The summed E-state index contributed by atoms with van der Waals surface area (Å²) < 4.78 is 12.7. The van der Waals surface area contributed by atoms with Gasteiger partial charge in [-0.25, -0.2) is 0 Å². The van der Waals surface area contributed by atoms with Gasteiger partial charge in [0.2, 0.25) is 0 Å². The number of phosphoric ester groups is 1. The maximum Gasteiger partial charge on any atom is 0.305 e. The number of carbonyl (C=O) groups excluding carboxylic acids is 1. The third kappa shape index (κ3) is 11.8. The van der Waals surface area contributed by atoms with Gasteiger partial charge in [-0.15, -0.1) is 0 Å². The van der Waals surface area contributed by atoms with Crippen LogP contribution in [0.25, 0.3) is 0 Å². The third-order valence-electron chi connectivity index (χ3n) is 0.240. The van der Waals surface area contributed by atoms with Crippen molar-refractivity contribution in [3.05, 3.63) is 0 Å². The van der Waals surface area contributed by atoms with Crippen LogP contribution in [-0.4, -0.2) is 5.97 Å². The number of hydrogen-bond donors (Lipinski definition) is 0. The maximum absolute atomic E-state index is 9.66. The summed E-state index contributed by atoms with van der Waals surface area (Å²) in [5.74, 6) is -1.11. The molecule has 0 aliphatic carbocycles. The molecular formula is C2H3AgO5P-2. The Balaban J connectivity index is 0. The first-order valence-electron chi connectivity index (χ1n) is 1.64. The minimum atomic E-state index is -5.07. The van der Waals surface area contributed by atoms with Crippen LogP contribution in [0.3, 0.4) is 0 Å². The van der Waals surface area contributed by atoms with E-state index in [0.717, 1.165) is 6.92 Å². The predicted molar refractivity (Wildman–Crippen MR) is 19.4 cm³/mol. The molecule has 0 aromatic rings. The topological polar surface area (TPSA) is 89.5 Å². The quantitative estimate of drug-likeness (QED) is 0.409. The van der Waals surface area contributed by atoms with Crippen molar-refractivity contribution in [1.29, 1.82) is 0 Å². The summed E-state index contributed by atoms with van der Waals surface area (Å²) in [6.45, 7) is 0.836. The molecule has 0 amide bonds. The van der Waals surface area contributed by atoms with Crippen LogP contribution in [0, 0.1) is 0 Å². The zero-order chi connectivity index (χ0) is 6.78. The van der Waals surface area contributed by atoms with Gasteiger partial charge in [0.05, 0.1) is 0 Å². The van der Waals surface area contributed by atoms with Gasteiger partial charge in [0.15, 0.2) is 0 Å². The predicted octanol–water partition coefficient (Wildman–Crippen LogP) is -1.62. The molecule has 5 nitrogen and oxygen atoms in total. The first-order chi connectivity index (χ1) is 3.42. The van der Waals surface area contributed by atoms with E-state index in [4.69, 9.17) is 0 Å². The standard InChI is InChI=1S/C2H5O5P.Ag/c1-2(3)7-8(4,5)6;/h1H3,(H2,4,5,6);/p-2. The van der Waals surface area contributed by atoms with E-state index in [1.165, 1.54) is 0 Å². The fourth-order valence-electron chi connectivity index (χ4n) is 0.157. The largest absolute Gasteiger partial charge is 0.780 e. The third-order valence-corrected chi connectivity index (χ3v) is 0.721. The molecule has 0 aromatic heterocycles. The van der Waals surface area contributed by atoms with Crippen molar-refractivity contribution < 1.29 is 46.1 Å². The Morgan fingerprint density at radius 2 is 1.89 bits per heavy atom. The van der Waals surface area contributed by atoms with Crippen molar-refractivity contribution in [3.8, 4) is 0 Å². The van der Waals surface area contributed by atoms with Gasteiger partial charge in [-0.1, -0.05) is 0 Å². The van der Waals surface area contributed by atoms with Crippen molar-refractivity contribution in [2.75, 3.05) is 0 Å². The maximum atomic E-state index is 9.66. The van der Waals surface area contributed by atoms with E-state index in [1.54, 1.807) is 0 Å². The second-order valence-electron chi connectivity index (χ2n) is 1.03. The average Bonchev–Trinajstić information content (AvgIpc) is 1.21. The zero-order valence-electron chi connectivity index (χ0n) is 4.29. The van der Waals surface area contributed by atoms with E-state index in [1.807, 2.05) is 0 Å². The first-order valence-corrected chi connectivity index (χ1v) is 3.10. The fourth-order valence-corrected chi connectivity index (χ4v) is 0.472. The average molecular weight is 246 g/mol. The molecule has 0 aromatic carbocycles. The van der Waals surface area contributed by atoms with Gasteiger partial charge in [-0.05, 0) is 0 Å². The van der Waals surface area contributed by atoms with Gasteiger partial charge < -0.3 is 18.9 Å². The number of hydrogen-bond acceptors (Lipinski definition) is 5. The van der Waals surface area contributed by atoms with Crippen LogP contribution in [0.15, 0.2) is 0 Å². The number of phosphoric acid groups is 1. The van der Waals surface area contributed by atoms with Crippen LogP contribution in [-0.2, 0) is 36.3 Å². The summed E-state index contributed by atoms with van der Waals surface area (Å²) in [6.07, 6.45) is 0. The van der Waals surface area contributed by atoms with Gasteiger partial charge in [-0.3, -0.25) is 4.79 Å². The molecular weight excluding hydrogens is 243 g/mol. The Bertz CT molecular complexity index is 138. The summed E-state index contributed by atoms with van der Waals surface area (Å²) in [7, 11) is -5.07. The first kappa shape index (κ1) is 12.1. The van der Waals surface area contributed by atoms with E-state index < -0.39 is 13.8 Å². The zero-order valence-corrected chi connectivity index (χ0v) is 6.67. The molecule has 0 aliphatic rings. The van der Waals surface area contributed by atoms with Crippen molar-refractivity contribution in [2.24, 2.45) is 0 Å². The Morgan fingerprint density at radius 3 is 1.89 bits per heavy atom. The number of carbonyl (C=O) groups is 1. The molecule has 0 fully saturated rings. The molecule has 59 valence electrons. The second kappa shape index (κ2) is 4.22. The fraction of sp³-hybridized carbons (Fsp3) is 0.500. The minimum absolute atomic E-state index is 0. The van der Waals surface area contributed by atoms with Crippen LogP contribution in [0.1, 0.15) is 6.92 Å². The van der Waals surface area contributed by atoms with E-state index in [9.17, 15) is 19.1 Å². The molecule has 0 rings (SSSR count). The van der Waals surface area contributed by atoms with Gasteiger partial charge in [0, 0.05) is 29.3 Å². The molecule has 7 heteroatoms. The SMILES string of the molecule is CC(=O)OP(=O)([O-])[O-].[Ag]. The molecule has 0 saturated carbocycles.